The summed E-state index contributed by atoms with van der Waals surface area (Å²) in [7, 11) is -3.49. The standard InChI is InChI=1S/C17H15ClN4O3S2/c18-15-9-11(5-6-19-15)16(23)21-17-20-13-4-3-12(10-14(13)26-17)27(24,25)22-7-1-2-8-22/h3-6,9-10H,1-2,7-8H2,(H,20,21,23). The van der Waals surface area contributed by atoms with E-state index in [2.05, 4.69) is 15.3 Å². The average molecular weight is 423 g/mol. The molecule has 1 N–H and O–H groups in total. The third-order valence-corrected chi connectivity index (χ3v) is 7.31. The summed E-state index contributed by atoms with van der Waals surface area (Å²) >= 11 is 7.03. The fourth-order valence-electron chi connectivity index (χ4n) is 2.91. The van der Waals surface area contributed by atoms with Gasteiger partial charge in [-0.25, -0.2) is 18.4 Å². The molecule has 4 rings (SSSR count). The first-order valence-corrected chi connectivity index (χ1v) is 10.9. The van der Waals surface area contributed by atoms with Crippen molar-refractivity contribution in [2.24, 2.45) is 0 Å². The van der Waals surface area contributed by atoms with Crippen molar-refractivity contribution < 1.29 is 13.2 Å². The van der Waals surface area contributed by atoms with E-state index in [0.29, 0.717) is 34.0 Å². The van der Waals surface area contributed by atoms with Crippen LogP contribution in [-0.4, -0.2) is 41.7 Å². The normalized spacial score (nSPS) is 15.3. The number of anilines is 1. The van der Waals surface area contributed by atoms with Gasteiger partial charge in [-0.1, -0.05) is 22.9 Å². The molecular weight excluding hydrogens is 408 g/mol. The number of carbonyl (C=O) groups is 1. The monoisotopic (exact) mass is 422 g/mol. The van der Waals surface area contributed by atoms with Crippen LogP contribution in [0, 0.1) is 0 Å². The molecular formula is C17H15ClN4O3S2. The van der Waals surface area contributed by atoms with Gasteiger partial charge in [0.05, 0.1) is 15.1 Å². The molecule has 3 heterocycles. The molecule has 10 heteroatoms. The maximum absolute atomic E-state index is 12.7. The number of thiazole rings is 1. The van der Waals surface area contributed by atoms with Crippen LogP contribution in [0.1, 0.15) is 23.2 Å². The summed E-state index contributed by atoms with van der Waals surface area (Å²) in [6, 6.07) is 7.84. The third kappa shape index (κ3) is 3.68. The SMILES string of the molecule is O=C(Nc1nc2ccc(S(=O)(=O)N3CCCC3)cc2s1)c1ccnc(Cl)c1. The van der Waals surface area contributed by atoms with E-state index < -0.39 is 10.0 Å². The molecule has 1 saturated heterocycles. The highest BCUT2D eigenvalue weighted by Crippen LogP contribution is 2.30. The van der Waals surface area contributed by atoms with E-state index >= 15 is 0 Å². The molecule has 0 spiro atoms. The van der Waals surface area contributed by atoms with Crippen LogP contribution >= 0.6 is 22.9 Å². The fraction of sp³-hybridized carbons (Fsp3) is 0.235. The maximum atomic E-state index is 12.7. The lowest BCUT2D eigenvalue weighted by molar-refractivity contribution is 0.102. The third-order valence-electron chi connectivity index (χ3n) is 4.27. The highest BCUT2D eigenvalue weighted by Gasteiger charge is 2.27. The summed E-state index contributed by atoms with van der Waals surface area (Å²) in [5.41, 5.74) is 0.995. The smallest absolute Gasteiger partial charge is 0.257 e. The highest BCUT2D eigenvalue weighted by atomic mass is 35.5. The van der Waals surface area contributed by atoms with Crippen LogP contribution in [0.5, 0.6) is 0 Å². The van der Waals surface area contributed by atoms with Crippen LogP contribution in [0.3, 0.4) is 0 Å². The summed E-state index contributed by atoms with van der Waals surface area (Å²) in [5, 5.41) is 3.32. The molecule has 2 aromatic heterocycles. The molecule has 140 valence electrons. The lowest BCUT2D eigenvalue weighted by atomic mass is 10.2. The van der Waals surface area contributed by atoms with Crippen molar-refractivity contribution in [1.82, 2.24) is 14.3 Å². The second-order valence-electron chi connectivity index (χ2n) is 6.08. The minimum absolute atomic E-state index is 0.226. The van der Waals surface area contributed by atoms with Crippen LogP contribution in [0.15, 0.2) is 41.4 Å². The molecule has 1 aromatic carbocycles. The molecule has 0 bridgehead atoms. The van der Waals surface area contributed by atoms with Crippen LogP contribution in [0.25, 0.3) is 10.2 Å². The van der Waals surface area contributed by atoms with Crippen molar-refractivity contribution in [2.45, 2.75) is 17.7 Å². The molecule has 27 heavy (non-hydrogen) atoms. The Balaban J connectivity index is 1.60. The molecule has 0 unspecified atom stereocenters. The molecule has 1 aliphatic heterocycles. The van der Waals surface area contributed by atoms with E-state index in [-0.39, 0.29) is 16.0 Å². The Morgan fingerprint density at radius 2 is 1.96 bits per heavy atom. The van der Waals surface area contributed by atoms with Gasteiger partial charge in [0.2, 0.25) is 10.0 Å². The molecule has 0 radical (unpaired) electrons. The molecule has 0 saturated carbocycles. The van der Waals surface area contributed by atoms with E-state index in [1.54, 1.807) is 24.3 Å². The van der Waals surface area contributed by atoms with E-state index in [1.165, 1.54) is 27.9 Å². The van der Waals surface area contributed by atoms with Crippen molar-refractivity contribution in [3.05, 3.63) is 47.2 Å². The number of aromatic nitrogens is 2. The summed E-state index contributed by atoms with van der Waals surface area (Å²) in [6.07, 6.45) is 3.22. The number of hydrogen-bond donors (Lipinski definition) is 1. The first-order chi connectivity index (χ1) is 12.9. The highest BCUT2D eigenvalue weighted by molar-refractivity contribution is 7.89. The summed E-state index contributed by atoms with van der Waals surface area (Å²) in [6.45, 7) is 1.11. The van der Waals surface area contributed by atoms with Crippen LogP contribution in [0.2, 0.25) is 5.15 Å². The number of carbonyl (C=O) groups excluding carboxylic acids is 1. The number of benzene rings is 1. The molecule has 1 amide bonds. The molecule has 0 atom stereocenters. The first-order valence-electron chi connectivity index (χ1n) is 8.27. The Morgan fingerprint density at radius 3 is 2.70 bits per heavy atom. The van der Waals surface area contributed by atoms with Gasteiger partial charge in [-0.15, -0.1) is 0 Å². The van der Waals surface area contributed by atoms with E-state index in [1.807, 2.05) is 0 Å². The topological polar surface area (TPSA) is 92.3 Å². The summed E-state index contributed by atoms with van der Waals surface area (Å²) < 4.78 is 27.6. The Bertz CT molecular complexity index is 1120. The molecule has 0 aliphatic carbocycles. The number of nitrogens with one attached hydrogen (secondary N) is 1. The van der Waals surface area contributed by atoms with Gasteiger partial charge < -0.3 is 0 Å². The number of pyridine rings is 1. The Labute approximate surface area is 165 Å². The van der Waals surface area contributed by atoms with Crippen LogP contribution in [0.4, 0.5) is 5.13 Å². The van der Waals surface area contributed by atoms with Gasteiger partial charge in [-0.2, -0.15) is 4.31 Å². The molecule has 1 fully saturated rings. The van der Waals surface area contributed by atoms with Gasteiger partial charge in [0.15, 0.2) is 5.13 Å². The number of rotatable bonds is 4. The van der Waals surface area contributed by atoms with E-state index in [0.717, 1.165) is 12.8 Å². The number of nitrogens with zero attached hydrogens (tertiary/aromatic N) is 3. The Kier molecular flexibility index (Phi) is 4.85. The van der Waals surface area contributed by atoms with Crippen molar-refractivity contribution in [3.8, 4) is 0 Å². The molecule has 3 aromatic rings. The van der Waals surface area contributed by atoms with Gasteiger partial charge in [0.1, 0.15) is 5.15 Å². The van der Waals surface area contributed by atoms with Crippen LogP contribution < -0.4 is 5.32 Å². The number of halogens is 1. The van der Waals surface area contributed by atoms with Gasteiger partial charge in [-0.05, 0) is 43.2 Å². The average Bonchev–Trinajstić information content (AvgIpc) is 3.30. The maximum Gasteiger partial charge on any atom is 0.257 e. The van der Waals surface area contributed by atoms with E-state index in [9.17, 15) is 13.2 Å². The minimum Gasteiger partial charge on any atom is -0.298 e. The van der Waals surface area contributed by atoms with E-state index in [4.69, 9.17) is 11.6 Å². The summed E-state index contributed by atoms with van der Waals surface area (Å²) in [4.78, 5) is 20.8. The number of sulfonamides is 1. The van der Waals surface area contributed by atoms with Crippen molar-refractivity contribution >= 4 is 54.2 Å². The Hall–Kier alpha value is -2.07. The quantitative estimate of drug-likeness (QED) is 0.650. The Morgan fingerprint density at radius 1 is 1.19 bits per heavy atom. The van der Waals surface area contributed by atoms with Crippen molar-refractivity contribution in [3.63, 3.8) is 0 Å². The number of hydrogen-bond acceptors (Lipinski definition) is 6. The second-order valence-corrected chi connectivity index (χ2v) is 9.44. The van der Waals surface area contributed by atoms with Crippen molar-refractivity contribution in [1.29, 1.82) is 0 Å². The zero-order valence-corrected chi connectivity index (χ0v) is 16.4. The van der Waals surface area contributed by atoms with Crippen LogP contribution in [-0.2, 0) is 10.0 Å². The summed E-state index contributed by atoms with van der Waals surface area (Å²) in [5.74, 6) is -0.358. The van der Waals surface area contributed by atoms with Gasteiger partial charge in [0, 0.05) is 24.8 Å². The van der Waals surface area contributed by atoms with Crippen molar-refractivity contribution in [2.75, 3.05) is 18.4 Å². The largest absolute Gasteiger partial charge is 0.298 e. The lowest BCUT2D eigenvalue weighted by Crippen LogP contribution is -2.27. The fourth-order valence-corrected chi connectivity index (χ4v) is 5.60. The number of fused-ring (bicyclic) bond motifs is 1. The van der Waals surface area contributed by atoms with Gasteiger partial charge in [0.25, 0.3) is 5.91 Å². The zero-order chi connectivity index (χ0) is 19.0. The number of amides is 1. The molecule has 7 nitrogen and oxygen atoms in total. The second kappa shape index (κ2) is 7.16. The predicted octanol–water partition coefficient (Wildman–Crippen LogP) is 3.38. The van der Waals surface area contributed by atoms with Gasteiger partial charge in [-0.3, -0.25) is 10.1 Å². The lowest BCUT2D eigenvalue weighted by Gasteiger charge is -2.15. The van der Waals surface area contributed by atoms with Gasteiger partial charge >= 0.3 is 0 Å². The molecule has 1 aliphatic rings. The zero-order valence-electron chi connectivity index (χ0n) is 14.1. The first kappa shape index (κ1) is 18.3. The minimum atomic E-state index is -3.49. The predicted molar refractivity (Wildman–Crippen MR) is 105 cm³/mol.